The smallest absolute Gasteiger partial charge is 0.240 e. The molecule has 2 aliphatic rings. The van der Waals surface area contributed by atoms with Gasteiger partial charge in [-0.3, -0.25) is 19.3 Å². The fourth-order valence-corrected chi connectivity index (χ4v) is 5.05. The maximum atomic E-state index is 13.6. The molecule has 2 aliphatic heterocycles. The second kappa shape index (κ2) is 7.87. The highest BCUT2D eigenvalue weighted by atomic mass is 35.5. The predicted molar refractivity (Wildman–Crippen MR) is 112 cm³/mol. The van der Waals surface area contributed by atoms with Gasteiger partial charge in [0, 0.05) is 50.9 Å². The van der Waals surface area contributed by atoms with Gasteiger partial charge in [-0.15, -0.1) is 0 Å². The van der Waals surface area contributed by atoms with Crippen molar-refractivity contribution in [2.24, 2.45) is 7.05 Å². The van der Waals surface area contributed by atoms with E-state index in [9.17, 15) is 14.4 Å². The van der Waals surface area contributed by atoms with E-state index in [0.29, 0.717) is 17.1 Å². The van der Waals surface area contributed by atoms with Gasteiger partial charge in [0.25, 0.3) is 0 Å². The summed E-state index contributed by atoms with van der Waals surface area (Å²) in [6, 6.07) is 6.85. The van der Waals surface area contributed by atoms with E-state index in [4.69, 9.17) is 11.6 Å². The Hall–Kier alpha value is -2.67. The molecule has 3 heterocycles. The van der Waals surface area contributed by atoms with E-state index in [-0.39, 0.29) is 36.6 Å². The number of rotatable bonds is 4. The number of carbonyl (C=O) groups excluding carboxylic acids is 3. The van der Waals surface area contributed by atoms with Gasteiger partial charge in [-0.1, -0.05) is 29.8 Å². The molecule has 1 aromatic heterocycles. The molecule has 2 atom stereocenters. The number of likely N-dealkylation sites (tertiary alicyclic amines) is 2. The van der Waals surface area contributed by atoms with E-state index in [0.717, 1.165) is 30.0 Å². The number of piperidine rings is 1. The van der Waals surface area contributed by atoms with Crippen LogP contribution < -0.4 is 0 Å². The number of nitrogens with zero attached hydrogens (tertiary/aromatic N) is 4. The Labute approximate surface area is 180 Å². The summed E-state index contributed by atoms with van der Waals surface area (Å²) in [5, 5.41) is 0.390. The molecule has 3 amide bonds. The molecule has 158 valence electrons. The number of benzene rings is 1. The normalized spacial score (nSPS) is 24.6. The molecule has 2 aromatic rings. The topological polar surface area (TPSA) is 75.5 Å². The first kappa shape index (κ1) is 20.6. The molecule has 0 N–H and O–H groups in total. The van der Waals surface area contributed by atoms with E-state index in [2.05, 4.69) is 4.98 Å². The molecule has 30 heavy (non-hydrogen) atoms. The summed E-state index contributed by atoms with van der Waals surface area (Å²) in [4.78, 5) is 46.7. The molecule has 7 nitrogen and oxygen atoms in total. The predicted octanol–water partition coefficient (Wildman–Crippen LogP) is 2.84. The Morgan fingerprint density at radius 1 is 1.23 bits per heavy atom. The zero-order valence-electron chi connectivity index (χ0n) is 17.2. The number of carbonyl (C=O) groups is 3. The molecule has 0 radical (unpaired) electrons. The lowest BCUT2D eigenvalue weighted by Gasteiger charge is -2.37. The minimum Gasteiger partial charge on any atom is -0.336 e. The van der Waals surface area contributed by atoms with E-state index in [1.54, 1.807) is 30.5 Å². The summed E-state index contributed by atoms with van der Waals surface area (Å²) < 4.78 is 1.93. The third-order valence-electron chi connectivity index (χ3n) is 6.36. The molecule has 2 unspecified atom stereocenters. The number of hydrogen-bond donors (Lipinski definition) is 0. The standard InChI is InChI=1S/C22H25ClN4O3/c1-25-12-10-24-20(25)17-9-5-6-11-27(17)19(29)14-22(13-18(28)26(2)21(22)30)15-7-3-4-8-16(15)23/h3-4,7-8,10,12,17H,5-6,9,11,13-14H2,1-2H3. The summed E-state index contributed by atoms with van der Waals surface area (Å²) in [7, 11) is 3.38. The molecule has 1 aromatic carbocycles. The largest absolute Gasteiger partial charge is 0.336 e. The SMILES string of the molecule is CN1C(=O)CC(CC(=O)N2CCCCC2c2nccn2C)(c2ccccc2Cl)C1=O. The number of imide groups is 1. The summed E-state index contributed by atoms with van der Waals surface area (Å²) >= 11 is 6.43. The lowest BCUT2D eigenvalue weighted by Crippen LogP contribution is -2.45. The van der Waals surface area contributed by atoms with E-state index in [1.165, 1.54) is 7.05 Å². The Morgan fingerprint density at radius 3 is 2.63 bits per heavy atom. The molecule has 0 aliphatic carbocycles. The maximum Gasteiger partial charge on any atom is 0.240 e. The third kappa shape index (κ3) is 3.31. The van der Waals surface area contributed by atoms with Crippen molar-refractivity contribution >= 4 is 29.3 Å². The van der Waals surface area contributed by atoms with Crippen LogP contribution in [0.5, 0.6) is 0 Å². The van der Waals surface area contributed by atoms with Crippen LogP contribution in [0.2, 0.25) is 5.02 Å². The second-order valence-corrected chi connectivity index (χ2v) is 8.58. The Kier molecular flexibility index (Phi) is 5.40. The number of imidazole rings is 1. The fraction of sp³-hybridized carbons (Fsp3) is 0.455. The highest BCUT2D eigenvalue weighted by Crippen LogP contribution is 2.43. The molecule has 2 saturated heterocycles. The lowest BCUT2D eigenvalue weighted by molar-refractivity contribution is -0.143. The van der Waals surface area contributed by atoms with Crippen molar-refractivity contribution in [1.29, 1.82) is 0 Å². The number of amides is 3. The van der Waals surface area contributed by atoms with Crippen LogP contribution in [0, 0.1) is 0 Å². The van der Waals surface area contributed by atoms with Crippen molar-refractivity contribution in [2.45, 2.75) is 43.6 Å². The van der Waals surface area contributed by atoms with Crippen LogP contribution in [-0.2, 0) is 26.8 Å². The van der Waals surface area contributed by atoms with E-state index in [1.807, 2.05) is 22.7 Å². The van der Waals surface area contributed by atoms with Crippen LogP contribution in [0.1, 0.15) is 49.5 Å². The number of likely N-dealkylation sites (N-methyl/N-ethyl adjacent to an activating group) is 1. The van der Waals surface area contributed by atoms with Gasteiger partial charge in [0.1, 0.15) is 5.82 Å². The highest BCUT2D eigenvalue weighted by molar-refractivity contribution is 6.32. The first-order valence-corrected chi connectivity index (χ1v) is 10.6. The van der Waals surface area contributed by atoms with Gasteiger partial charge in [0.05, 0.1) is 11.5 Å². The molecule has 2 fully saturated rings. The molecule has 8 heteroatoms. The van der Waals surface area contributed by atoms with Crippen molar-refractivity contribution in [3.8, 4) is 0 Å². The number of hydrogen-bond acceptors (Lipinski definition) is 4. The van der Waals surface area contributed by atoms with Crippen molar-refractivity contribution in [3.63, 3.8) is 0 Å². The molecule has 4 rings (SSSR count). The summed E-state index contributed by atoms with van der Waals surface area (Å²) in [5.41, 5.74) is -0.737. The fourth-order valence-electron chi connectivity index (χ4n) is 4.74. The van der Waals surface area contributed by atoms with Crippen molar-refractivity contribution in [1.82, 2.24) is 19.4 Å². The highest BCUT2D eigenvalue weighted by Gasteiger charge is 2.54. The van der Waals surface area contributed by atoms with Gasteiger partial charge in [-0.25, -0.2) is 4.98 Å². The Balaban J connectivity index is 1.71. The van der Waals surface area contributed by atoms with Gasteiger partial charge < -0.3 is 9.47 Å². The van der Waals surface area contributed by atoms with Crippen LogP contribution in [0.15, 0.2) is 36.7 Å². The van der Waals surface area contributed by atoms with E-state index >= 15 is 0 Å². The molecular weight excluding hydrogens is 404 g/mol. The van der Waals surface area contributed by atoms with Crippen LogP contribution in [0.4, 0.5) is 0 Å². The summed E-state index contributed by atoms with van der Waals surface area (Å²) in [6.07, 6.45) is 6.18. The van der Waals surface area contributed by atoms with E-state index < -0.39 is 5.41 Å². The molecular formula is C22H25ClN4O3. The van der Waals surface area contributed by atoms with Gasteiger partial charge >= 0.3 is 0 Å². The Morgan fingerprint density at radius 2 is 2.00 bits per heavy atom. The number of aromatic nitrogens is 2. The molecule has 0 bridgehead atoms. The van der Waals surface area contributed by atoms with Crippen LogP contribution >= 0.6 is 11.6 Å². The van der Waals surface area contributed by atoms with Gasteiger partial charge in [-0.05, 0) is 30.9 Å². The minimum absolute atomic E-state index is 0.0568. The first-order valence-electron chi connectivity index (χ1n) is 10.2. The van der Waals surface area contributed by atoms with Gasteiger partial charge in [0.15, 0.2) is 0 Å². The quantitative estimate of drug-likeness (QED) is 0.702. The van der Waals surface area contributed by atoms with Crippen LogP contribution in [-0.4, -0.2) is 50.7 Å². The zero-order chi connectivity index (χ0) is 21.5. The number of aryl methyl sites for hydroxylation is 1. The van der Waals surface area contributed by atoms with Crippen molar-refractivity contribution in [2.75, 3.05) is 13.6 Å². The minimum atomic E-state index is -1.27. The zero-order valence-corrected chi connectivity index (χ0v) is 17.9. The third-order valence-corrected chi connectivity index (χ3v) is 6.69. The molecule has 0 spiro atoms. The van der Waals surface area contributed by atoms with Crippen molar-refractivity contribution < 1.29 is 14.4 Å². The average Bonchev–Trinajstić information content (AvgIpc) is 3.25. The first-order chi connectivity index (χ1) is 14.3. The Bertz CT molecular complexity index is 1000. The summed E-state index contributed by atoms with van der Waals surface area (Å²) in [5.74, 6) is 0.00590. The van der Waals surface area contributed by atoms with Crippen LogP contribution in [0.25, 0.3) is 0 Å². The van der Waals surface area contributed by atoms with Gasteiger partial charge in [0.2, 0.25) is 17.7 Å². The monoisotopic (exact) mass is 428 g/mol. The van der Waals surface area contributed by atoms with Crippen molar-refractivity contribution in [3.05, 3.63) is 53.1 Å². The average molecular weight is 429 g/mol. The molecule has 0 saturated carbocycles. The van der Waals surface area contributed by atoms with Gasteiger partial charge in [-0.2, -0.15) is 0 Å². The second-order valence-electron chi connectivity index (χ2n) is 8.17. The van der Waals surface area contributed by atoms with Crippen LogP contribution in [0.3, 0.4) is 0 Å². The summed E-state index contributed by atoms with van der Waals surface area (Å²) in [6.45, 7) is 0.604. The maximum absolute atomic E-state index is 13.6. The lowest BCUT2D eigenvalue weighted by atomic mass is 9.75. The number of halogens is 1.